The number of fused-ring (bicyclic) bond motifs is 1. The van der Waals surface area contributed by atoms with Crippen molar-refractivity contribution in [3.8, 4) is 0 Å². The number of nitrogen functional groups attached to an aromatic ring is 1. The van der Waals surface area contributed by atoms with Crippen molar-refractivity contribution in [1.29, 1.82) is 0 Å². The molecule has 0 aliphatic rings. The van der Waals surface area contributed by atoms with Gasteiger partial charge in [0, 0.05) is 5.69 Å². The number of aromatic nitrogens is 1. The lowest BCUT2D eigenvalue weighted by atomic mass is 10.3. The molecule has 0 radical (unpaired) electrons. The predicted molar refractivity (Wildman–Crippen MR) is 50.7 cm³/mol. The first-order valence-corrected chi connectivity index (χ1v) is 4.29. The van der Waals surface area contributed by atoms with Crippen molar-refractivity contribution < 1.29 is 4.92 Å². The molecule has 66 valence electrons. The van der Waals surface area contributed by atoms with Crippen LogP contribution in [0.3, 0.4) is 0 Å². The van der Waals surface area contributed by atoms with Gasteiger partial charge in [0.1, 0.15) is 0 Å². The molecule has 5 nitrogen and oxygen atoms in total. The molecule has 0 aliphatic heterocycles. The zero-order valence-electron chi connectivity index (χ0n) is 6.43. The summed E-state index contributed by atoms with van der Waals surface area (Å²) in [6.07, 6.45) is 0. The van der Waals surface area contributed by atoms with Gasteiger partial charge >= 0.3 is 5.13 Å². The van der Waals surface area contributed by atoms with Gasteiger partial charge in [-0.3, -0.25) is 0 Å². The van der Waals surface area contributed by atoms with Gasteiger partial charge in [-0.1, -0.05) is 0 Å². The normalized spacial score (nSPS) is 10.5. The van der Waals surface area contributed by atoms with E-state index in [1.54, 1.807) is 18.2 Å². The Kier molecular flexibility index (Phi) is 1.63. The van der Waals surface area contributed by atoms with Crippen LogP contribution in [0.1, 0.15) is 0 Å². The third-order valence-corrected chi connectivity index (χ3v) is 2.53. The van der Waals surface area contributed by atoms with Crippen molar-refractivity contribution in [3.05, 3.63) is 28.3 Å². The molecule has 1 aromatic heterocycles. The van der Waals surface area contributed by atoms with Crippen LogP contribution in [0, 0.1) is 10.1 Å². The van der Waals surface area contributed by atoms with Gasteiger partial charge in [0.2, 0.25) is 0 Å². The summed E-state index contributed by atoms with van der Waals surface area (Å²) >= 11 is 1.03. The third kappa shape index (κ3) is 1.31. The first kappa shape index (κ1) is 7.93. The minimum atomic E-state index is -0.499. The van der Waals surface area contributed by atoms with Gasteiger partial charge in [0.15, 0.2) is 5.52 Å². The number of rotatable bonds is 1. The lowest BCUT2D eigenvalue weighted by Crippen LogP contribution is -1.84. The van der Waals surface area contributed by atoms with Crippen molar-refractivity contribution >= 4 is 32.4 Å². The largest absolute Gasteiger partial charge is 0.424 e. The van der Waals surface area contributed by atoms with Gasteiger partial charge in [0.05, 0.1) is 4.70 Å². The maximum atomic E-state index is 10.4. The minimum absolute atomic E-state index is 0.0967. The zero-order valence-corrected chi connectivity index (χ0v) is 7.25. The lowest BCUT2D eigenvalue weighted by molar-refractivity contribution is -0.384. The van der Waals surface area contributed by atoms with Gasteiger partial charge < -0.3 is 15.8 Å². The number of anilines is 1. The second-order valence-electron chi connectivity index (χ2n) is 2.48. The molecule has 0 spiro atoms. The quantitative estimate of drug-likeness (QED) is 0.427. The number of benzene rings is 1. The van der Waals surface area contributed by atoms with Crippen molar-refractivity contribution in [3.63, 3.8) is 0 Å². The van der Waals surface area contributed by atoms with E-state index in [1.165, 1.54) is 0 Å². The van der Waals surface area contributed by atoms with Crippen LogP contribution < -0.4 is 5.73 Å². The molecule has 0 bridgehead atoms. The predicted octanol–water partition coefficient (Wildman–Crippen LogP) is 1.79. The Morgan fingerprint density at radius 2 is 2.31 bits per heavy atom. The van der Waals surface area contributed by atoms with Crippen LogP contribution in [0.4, 0.5) is 10.8 Å². The van der Waals surface area contributed by atoms with E-state index in [2.05, 4.69) is 4.98 Å². The topological polar surface area (TPSA) is 82.0 Å². The first-order chi connectivity index (χ1) is 6.16. The van der Waals surface area contributed by atoms with Crippen molar-refractivity contribution in [1.82, 2.24) is 4.98 Å². The van der Waals surface area contributed by atoms with Crippen molar-refractivity contribution in [2.24, 2.45) is 0 Å². The Labute approximate surface area is 77.0 Å². The Balaban J connectivity index is 2.68. The maximum absolute atomic E-state index is 10.4. The minimum Gasteiger partial charge on any atom is -0.399 e. The Bertz CT molecular complexity index is 480. The molecule has 2 N–H and O–H groups in total. The van der Waals surface area contributed by atoms with Gasteiger partial charge in [0.25, 0.3) is 0 Å². The molecular formula is C7H5N3O2S. The summed E-state index contributed by atoms with van der Waals surface area (Å²) in [6.45, 7) is 0. The SMILES string of the molecule is Nc1ccc2nc([N+](=O)[O-])sc2c1. The molecule has 0 fully saturated rings. The molecule has 1 aromatic carbocycles. The van der Waals surface area contributed by atoms with E-state index in [-0.39, 0.29) is 5.13 Å². The number of nitro groups is 1. The molecule has 6 heteroatoms. The number of hydrogen-bond donors (Lipinski definition) is 1. The Morgan fingerprint density at radius 3 is 3.00 bits per heavy atom. The Morgan fingerprint density at radius 1 is 1.54 bits per heavy atom. The van der Waals surface area contributed by atoms with Crippen molar-refractivity contribution in [2.75, 3.05) is 5.73 Å². The van der Waals surface area contributed by atoms with E-state index in [4.69, 9.17) is 5.73 Å². The highest BCUT2D eigenvalue weighted by Crippen LogP contribution is 2.28. The second-order valence-corrected chi connectivity index (χ2v) is 3.49. The first-order valence-electron chi connectivity index (χ1n) is 3.47. The van der Waals surface area contributed by atoms with Gasteiger partial charge in [-0.25, -0.2) is 0 Å². The molecular weight excluding hydrogens is 190 g/mol. The molecule has 0 saturated heterocycles. The van der Waals surface area contributed by atoms with Crippen LogP contribution in [-0.4, -0.2) is 9.91 Å². The summed E-state index contributed by atoms with van der Waals surface area (Å²) in [6, 6.07) is 5.03. The van der Waals surface area contributed by atoms with Crippen LogP contribution in [0.5, 0.6) is 0 Å². The molecule has 0 unspecified atom stereocenters. The fourth-order valence-corrected chi connectivity index (χ4v) is 1.84. The molecule has 0 aliphatic carbocycles. The van der Waals surface area contributed by atoms with E-state index in [9.17, 15) is 10.1 Å². The molecule has 1 heterocycles. The zero-order chi connectivity index (χ0) is 9.42. The summed E-state index contributed by atoms with van der Waals surface area (Å²) in [7, 11) is 0. The van der Waals surface area contributed by atoms with E-state index in [1.807, 2.05) is 0 Å². The summed E-state index contributed by atoms with van der Waals surface area (Å²) in [5, 5.41) is 10.3. The van der Waals surface area contributed by atoms with E-state index >= 15 is 0 Å². The van der Waals surface area contributed by atoms with E-state index in [0.717, 1.165) is 16.0 Å². The number of nitrogens with two attached hydrogens (primary N) is 1. The monoisotopic (exact) mass is 195 g/mol. The molecule has 2 aromatic rings. The number of thiazole rings is 1. The summed E-state index contributed by atoms with van der Waals surface area (Å²) in [4.78, 5) is 13.7. The summed E-state index contributed by atoms with van der Waals surface area (Å²) in [5.41, 5.74) is 6.72. The van der Waals surface area contributed by atoms with Crippen LogP contribution in [0.2, 0.25) is 0 Å². The van der Waals surface area contributed by atoms with Crippen LogP contribution in [0.15, 0.2) is 18.2 Å². The number of nitrogens with zero attached hydrogens (tertiary/aromatic N) is 2. The fraction of sp³-hybridized carbons (Fsp3) is 0. The average molecular weight is 195 g/mol. The third-order valence-electron chi connectivity index (χ3n) is 1.56. The second kappa shape index (κ2) is 2.67. The Hall–Kier alpha value is -1.69. The van der Waals surface area contributed by atoms with Gasteiger partial charge in [-0.15, -0.1) is 0 Å². The smallest absolute Gasteiger partial charge is 0.399 e. The molecule has 2 rings (SSSR count). The van der Waals surface area contributed by atoms with E-state index < -0.39 is 4.92 Å². The van der Waals surface area contributed by atoms with Gasteiger partial charge in [-0.2, -0.15) is 0 Å². The van der Waals surface area contributed by atoms with Crippen LogP contribution in [0.25, 0.3) is 10.2 Å². The lowest BCUT2D eigenvalue weighted by Gasteiger charge is -1.86. The van der Waals surface area contributed by atoms with Crippen LogP contribution >= 0.6 is 11.3 Å². The van der Waals surface area contributed by atoms with Crippen molar-refractivity contribution in [2.45, 2.75) is 0 Å². The fourth-order valence-electron chi connectivity index (χ4n) is 1.01. The van der Waals surface area contributed by atoms with E-state index in [0.29, 0.717) is 11.2 Å². The molecule has 0 atom stereocenters. The average Bonchev–Trinajstić information content (AvgIpc) is 2.46. The highest BCUT2D eigenvalue weighted by molar-refractivity contribution is 7.21. The standard InChI is InChI=1S/C7H5N3O2S/c8-4-1-2-5-6(3-4)13-7(9-5)10(11)12/h1-3H,8H2. The maximum Gasteiger partial charge on any atom is 0.424 e. The number of hydrogen-bond acceptors (Lipinski definition) is 5. The highest BCUT2D eigenvalue weighted by atomic mass is 32.1. The summed E-state index contributed by atoms with van der Waals surface area (Å²) < 4.78 is 0.742. The summed E-state index contributed by atoms with van der Waals surface area (Å²) in [5.74, 6) is 0. The van der Waals surface area contributed by atoms with Crippen LogP contribution in [-0.2, 0) is 0 Å². The van der Waals surface area contributed by atoms with Gasteiger partial charge in [-0.05, 0) is 39.4 Å². The highest BCUT2D eigenvalue weighted by Gasteiger charge is 2.14. The molecule has 0 saturated carbocycles. The molecule has 0 amide bonds. The molecule has 13 heavy (non-hydrogen) atoms.